The van der Waals surface area contributed by atoms with Crippen molar-refractivity contribution in [1.82, 2.24) is 14.9 Å². The van der Waals surface area contributed by atoms with E-state index in [-0.39, 0.29) is 30.6 Å². The molecule has 1 aromatic carbocycles. The SMILES string of the molecule is CCOC(=O)c1ccc(N2CCCN(C(=O)CCC(=O)N3CCC(c4ccccc4)=N3)CC2)nc1. The number of pyridine rings is 1. The van der Waals surface area contributed by atoms with Crippen LogP contribution in [0.1, 0.15) is 48.5 Å². The number of carbonyl (C=O) groups excluding carboxylic acids is 3. The fraction of sp³-hybridized carbons (Fsp3) is 0.423. The van der Waals surface area contributed by atoms with E-state index >= 15 is 0 Å². The summed E-state index contributed by atoms with van der Waals surface area (Å²) in [6.45, 7) is 5.25. The molecular formula is C26H31N5O4. The molecule has 3 heterocycles. The average molecular weight is 478 g/mol. The van der Waals surface area contributed by atoms with E-state index in [0.717, 1.165) is 36.5 Å². The topological polar surface area (TPSA) is 95.4 Å². The maximum absolute atomic E-state index is 12.8. The minimum Gasteiger partial charge on any atom is -0.462 e. The molecule has 1 fully saturated rings. The monoisotopic (exact) mass is 477 g/mol. The number of benzene rings is 1. The summed E-state index contributed by atoms with van der Waals surface area (Å²) in [6.07, 6.45) is 3.38. The van der Waals surface area contributed by atoms with Gasteiger partial charge in [-0.05, 0) is 31.0 Å². The molecule has 35 heavy (non-hydrogen) atoms. The second-order valence-corrected chi connectivity index (χ2v) is 8.53. The largest absolute Gasteiger partial charge is 0.462 e. The molecule has 0 aliphatic carbocycles. The first kappa shape index (κ1) is 24.4. The number of rotatable bonds is 7. The second kappa shape index (κ2) is 11.6. The zero-order valence-corrected chi connectivity index (χ0v) is 20.1. The summed E-state index contributed by atoms with van der Waals surface area (Å²) in [6, 6.07) is 13.4. The van der Waals surface area contributed by atoms with Crippen molar-refractivity contribution < 1.29 is 19.1 Å². The van der Waals surface area contributed by atoms with Gasteiger partial charge in [-0.1, -0.05) is 30.3 Å². The third-order valence-electron chi connectivity index (χ3n) is 6.18. The quantitative estimate of drug-likeness (QED) is 0.569. The van der Waals surface area contributed by atoms with Crippen LogP contribution in [0.5, 0.6) is 0 Å². The van der Waals surface area contributed by atoms with Crippen molar-refractivity contribution in [1.29, 1.82) is 0 Å². The number of hydrogen-bond acceptors (Lipinski definition) is 7. The third kappa shape index (κ3) is 6.23. The number of amides is 2. The van der Waals surface area contributed by atoms with E-state index in [0.29, 0.717) is 38.3 Å². The highest BCUT2D eigenvalue weighted by molar-refractivity contribution is 6.02. The van der Waals surface area contributed by atoms with Crippen LogP contribution in [0.15, 0.2) is 53.8 Å². The summed E-state index contributed by atoms with van der Waals surface area (Å²) >= 11 is 0. The van der Waals surface area contributed by atoms with Gasteiger partial charge in [0.1, 0.15) is 5.82 Å². The lowest BCUT2D eigenvalue weighted by Crippen LogP contribution is -2.36. The first-order valence-electron chi connectivity index (χ1n) is 12.1. The predicted octanol–water partition coefficient (Wildman–Crippen LogP) is 2.71. The molecule has 184 valence electrons. The second-order valence-electron chi connectivity index (χ2n) is 8.53. The molecule has 0 spiro atoms. The maximum Gasteiger partial charge on any atom is 0.339 e. The van der Waals surface area contributed by atoms with Crippen molar-refractivity contribution in [2.45, 2.75) is 32.6 Å². The van der Waals surface area contributed by atoms with Crippen molar-refractivity contribution >= 4 is 29.3 Å². The van der Waals surface area contributed by atoms with Crippen LogP contribution in [0.4, 0.5) is 5.82 Å². The van der Waals surface area contributed by atoms with Gasteiger partial charge in [0, 0.05) is 51.6 Å². The maximum atomic E-state index is 12.8. The number of anilines is 1. The van der Waals surface area contributed by atoms with Crippen LogP contribution < -0.4 is 4.90 Å². The Kier molecular flexibility index (Phi) is 8.07. The fourth-order valence-electron chi connectivity index (χ4n) is 4.28. The highest BCUT2D eigenvalue weighted by atomic mass is 16.5. The van der Waals surface area contributed by atoms with Gasteiger partial charge in [0.25, 0.3) is 0 Å². The number of hydrogen-bond donors (Lipinski definition) is 0. The van der Waals surface area contributed by atoms with Crippen molar-refractivity contribution in [3.05, 3.63) is 59.8 Å². The Labute approximate surface area is 205 Å². The van der Waals surface area contributed by atoms with Gasteiger partial charge >= 0.3 is 5.97 Å². The van der Waals surface area contributed by atoms with Crippen LogP contribution in [0.3, 0.4) is 0 Å². The molecule has 2 amide bonds. The molecule has 0 radical (unpaired) electrons. The summed E-state index contributed by atoms with van der Waals surface area (Å²) in [7, 11) is 0. The van der Waals surface area contributed by atoms with Crippen LogP contribution in [-0.2, 0) is 14.3 Å². The molecule has 2 aliphatic heterocycles. The number of ether oxygens (including phenoxy) is 1. The van der Waals surface area contributed by atoms with Crippen LogP contribution >= 0.6 is 0 Å². The predicted molar refractivity (Wildman–Crippen MR) is 132 cm³/mol. The Morgan fingerprint density at radius 2 is 1.71 bits per heavy atom. The normalized spacial score (nSPS) is 16.0. The number of esters is 1. The lowest BCUT2D eigenvalue weighted by atomic mass is 10.1. The number of aromatic nitrogens is 1. The lowest BCUT2D eigenvalue weighted by Gasteiger charge is -2.23. The van der Waals surface area contributed by atoms with Crippen molar-refractivity contribution in [3.63, 3.8) is 0 Å². The minimum absolute atomic E-state index is 0.0164. The average Bonchev–Trinajstić information content (AvgIpc) is 3.26. The summed E-state index contributed by atoms with van der Waals surface area (Å²) in [5.74, 6) is 0.247. The van der Waals surface area contributed by atoms with E-state index in [4.69, 9.17) is 4.74 Å². The Balaban J connectivity index is 1.25. The van der Waals surface area contributed by atoms with E-state index < -0.39 is 0 Å². The zero-order valence-electron chi connectivity index (χ0n) is 20.1. The first-order valence-corrected chi connectivity index (χ1v) is 12.1. The van der Waals surface area contributed by atoms with Crippen LogP contribution in [0, 0.1) is 0 Å². The number of nitrogens with zero attached hydrogens (tertiary/aromatic N) is 5. The molecule has 0 unspecified atom stereocenters. The van der Waals surface area contributed by atoms with Gasteiger partial charge in [0.2, 0.25) is 11.8 Å². The molecule has 2 aromatic rings. The zero-order chi connectivity index (χ0) is 24.6. The summed E-state index contributed by atoms with van der Waals surface area (Å²) < 4.78 is 5.00. The molecule has 2 aliphatic rings. The van der Waals surface area contributed by atoms with Gasteiger partial charge < -0.3 is 14.5 Å². The van der Waals surface area contributed by atoms with E-state index in [9.17, 15) is 14.4 Å². The van der Waals surface area contributed by atoms with E-state index in [1.54, 1.807) is 13.0 Å². The minimum atomic E-state index is -0.385. The van der Waals surface area contributed by atoms with E-state index in [1.807, 2.05) is 41.3 Å². The van der Waals surface area contributed by atoms with Gasteiger partial charge in [-0.3, -0.25) is 9.59 Å². The molecule has 1 aromatic heterocycles. The molecule has 0 saturated carbocycles. The number of carbonyl (C=O) groups is 3. The van der Waals surface area contributed by atoms with Crippen LogP contribution in [-0.4, -0.2) is 77.7 Å². The van der Waals surface area contributed by atoms with E-state index in [1.165, 1.54) is 11.2 Å². The summed E-state index contributed by atoms with van der Waals surface area (Å²) in [5.41, 5.74) is 2.35. The highest BCUT2D eigenvalue weighted by Gasteiger charge is 2.24. The van der Waals surface area contributed by atoms with Gasteiger partial charge in [0.15, 0.2) is 0 Å². The Bertz CT molecular complexity index is 1070. The van der Waals surface area contributed by atoms with Gasteiger partial charge in [-0.2, -0.15) is 5.10 Å². The van der Waals surface area contributed by atoms with Gasteiger partial charge in [-0.15, -0.1) is 0 Å². The molecule has 9 nitrogen and oxygen atoms in total. The van der Waals surface area contributed by atoms with Crippen LogP contribution in [0.25, 0.3) is 0 Å². The Hall–Kier alpha value is -3.75. The van der Waals surface area contributed by atoms with E-state index in [2.05, 4.69) is 15.0 Å². The standard InChI is InChI=1S/C26H31N5O4/c1-2-35-26(34)21-9-10-23(27-19-21)29-14-6-15-30(18-17-29)24(32)11-12-25(33)31-16-13-22(28-31)20-7-4-3-5-8-20/h3-5,7-10,19H,2,6,11-18H2,1H3. The van der Waals surface area contributed by atoms with Gasteiger partial charge in [0.05, 0.1) is 24.4 Å². The molecular weight excluding hydrogens is 446 g/mol. The molecule has 0 bridgehead atoms. The molecule has 1 saturated heterocycles. The van der Waals surface area contributed by atoms with Crippen LogP contribution in [0.2, 0.25) is 0 Å². The number of hydrazone groups is 1. The fourth-order valence-corrected chi connectivity index (χ4v) is 4.28. The molecule has 9 heteroatoms. The summed E-state index contributed by atoms with van der Waals surface area (Å²) in [4.78, 5) is 45.6. The third-order valence-corrected chi connectivity index (χ3v) is 6.18. The van der Waals surface area contributed by atoms with Crippen molar-refractivity contribution in [2.75, 3.05) is 44.2 Å². The van der Waals surface area contributed by atoms with Crippen molar-refractivity contribution in [3.8, 4) is 0 Å². The molecule has 0 N–H and O–H groups in total. The summed E-state index contributed by atoms with van der Waals surface area (Å²) in [5, 5.41) is 5.96. The molecule has 0 atom stereocenters. The Morgan fingerprint density at radius 3 is 2.46 bits per heavy atom. The first-order chi connectivity index (χ1) is 17.0. The Morgan fingerprint density at radius 1 is 0.914 bits per heavy atom. The highest BCUT2D eigenvalue weighted by Crippen LogP contribution is 2.17. The molecule has 4 rings (SSSR count). The lowest BCUT2D eigenvalue weighted by molar-refractivity contribution is -0.136. The van der Waals surface area contributed by atoms with Gasteiger partial charge in [-0.25, -0.2) is 14.8 Å². The van der Waals surface area contributed by atoms with Crippen molar-refractivity contribution in [2.24, 2.45) is 5.10 Å². The smallest absolute Gasteiger partial charge is 0.339 e.